The monoisotopic (exact) mass is 456 g/mol. The number of benzene rings is 1. The van der Waals surface area contributed by atoms with Crippen LogP contribution in [0.15, 0.2) is 24.3 Å². The van der Waals surface area contributed by atoms with Crippen molar-refractivity contribution in [2.45, 2.75) is 57.0 Å². The van der Waals surface area contributed by atoms with Gasteiger partial charge in [0.05, 0.1) is 13.5 Å². The van der Waals surface area contributed by atoms with E-state index in [9.17, 15) is 14.4 Å². The summed E-state index contributed by atoms with van der Waals surface area (Å²) in [5.41, 5.74) is 1.01. The number of nitrogens with zero attached hydrogens (tertiary/aromatic N) is 3. The molecule has 33 heavy (non-hydrogen) atoms. The van der Waals surface area contributed by atoms with Crippen LogP contribution in [-0.2, 0) is 16.0 Å². The molecule has 3 heterocycles. The first-order chi connectivity index (χ1) is 16.0. The lowest BCUT2D eigenvalue weighted by molar-refractivity contribution is -0.135. The third kappa shape index (κ3) is 5.49. The number of carbonyl (C=O) groups is 3. The summed E-state index contributed by atoms with van der Waals surface area (Å²) in [5, 5.41) is 2.70. The van der Waals surface area contributed by atoms with E-state index in [0.717, 1.165) is 24.3 Å². The molecule has 4 rings (SSSR count). The SMILES string of the molecule is COc1ccc(CCN2C(=O)N[C@H](CC(=O)N(C)C[C@@H]3CCCN4CCCC[C@H]34)C2=O)cc1. The van der Waals surface area contributed by atoms with E-state index in [1.54, 1.807) is 12.0 Å². The number of nitrogens with one attached hydrogen (secondary N) is 1. The fourth-order valence-corrected chi connectivity index (χ4v) is 5.53. The molecule has 0 aromatic heterocycles. The molecule has 0 saturated carbocycles. The molecule has 8 nitrogen and oxygen atoms in total. The van der Waals surface area contributed by atoms with Crippen molar-refractivity contribution in [3.8, 4) is 5.75 Å². The second-order valence-electron chi connectivity index (χ2n) is 9.57. The first kappa shape index (κ1) is 23.5. The van der Waals surface area contributed by atoms with Crippen LogP contribution in [-0.4, -0.2) is 85.0 Å². The highest BCUT2D eigenvalue weighted by Gasteiger charge is 2.40. The van der Waals surface area contributed by atoms with Crippen LogP contribution in [0.2, 0.25) is 0 Å². The van der Waals surface area contributed by atoms with Crippen molar-refractivity contribution >= 4 is 17.8 Å². The number of fused-ring (bicyclic) bond motifs is 1. The first-order valence-electron chi connectivity index (χ1n) is 12.2. The molecule has 0 radical (unpaired) electrons. The maximum Gasteiger partial charge on any atom is 0.324 e. The van der Waals surface area contributed by atoms with E-state index in [-0.39, 0.29) is 24.8 Å². The van der Waals surface area contributed by atoms with E-state index < -0.39 is 12.1 Å². The zero-order chi connectivity index (χ0) is 23.4. The predicted octanol–water partition coefficient (Wildman–Crippen LogP) is 2.27. The molecule has 1 aromatic rings. The number of methoxy groups -OCH3 is 1. The topological polar surface area (TPSA) is 82.2 Å². The lowest BCUT2D eigenvalue weighted by atomic mass is 9.83. The van der Waals surface area contributed by atoms with Gasteiger partial charge in [-0.25, -0.2) is 4.79 Å². The number of amides is 4. The van der Waals surface area contributed by atoms with E-state index in [2.05, 4.69) is 10.2 Å². The van der Waals surface area contributed by atoms with Gasteiger partial charge in [-0.3, -0.25) is 14.5 Å². The average Bonchev–Trinajstić information content (AvgIpc) is 3.10. The van der Waals surface area contributed by atoms with Crippen LogP contribution in [0.4, 0.5) is 4.79 Å². The molecular formula is C25H36N4O4. The maximum atomic E-state index is 12.9. The van der Waals surface area contributed by atoms with Gasteiger partial charge in [-0.2, -0.15) is 0 Å². The van der Waals surface area contributed by atoms with Crippen LogP contribution in [0.25, 0.3) is 0 Å². The fraction of sp³-hybridized carbons (Fsp3) is 0.640. The molecule has 0 spiro atoms. The lowest BCUT2D eigenvalue weighted by Crippen LogP contribution is -2.51. The summed E-state index contributed by atoms with van der Waals surface area (Å²) in [7, 11) is 3.44. The molecule has 8 heteroatoms. The second-order valence-corrected chi connectivity index (χ2v) is 9.57. The minimum atomic E-state index is -0.777. The Morgan fingerprint density at radius 3 is 2.64 bits per heavy atom. The zero-order valence-electron chi connectivity index (χ0n) is 19.8. The van der Waals surface area contributed by atoms with Crippen molar-refractivity contribution in [1.82, 2.24) is 20.0 Å². The van der Waals surface area contributed by atoms with Crippen molar-refractivity contribution in [3.05, 3.63) is 29.8 Å². The first-order valence-corrected chi connectivity index (χ1v) is 12.2. The van der Waals surface area contributed by atoms with Gasteiger partial charge in [0.15, 0.2) is 0 Å². The fourth-order valence-electron chi connectivity index (χ4n) is 5.53. The molecule has 3 aliphatic rings. The molecule has 3 aliphatic heterocycles. The van der Waals surface area contributed by atoms with Crippen LogP contribution >= 0.6 is 0 Å². The minimum absolute atomic E-state index is 0.0151. The van der Waals surface area contributed by atoms with Crippen molar-refractivity contribution in [3.63, 3.8) is 0 Å². The van der Waals surface area contributed by atoms with Gasteiger partial charge in [0, 0.05) is 26.2 Å². The second kappa shape index (κ2) is 10.5. The Kier molecular flexibility index (Phi) is 7.53. The number of urea groups is 1. The number of imide groups is 1. The van der Waals surface area contributed by atoms with Gasteiger partial charge in [0.2, 0.25) is 5.91 Å². The van der Waals surface area contributed by atoms with E-state index in [1.807, 2.05) is 31.3 Å². The van der Waals surface area contributed by atoms with Crippen molar-refractivity contribution in [2.24, 2.45) is 5.92 Å². The maximum absolute atomic E-state index is 12.9. The minimum Gasteiger partial charge on any atom is -0.497 e. The summed E-state index contributed by atoms with van der Waals surface area (Å²) in [4.78, 5) is 43.7. The van der Waals surface area contributed by atoms with E-state index in [4.69, 9.17) is 4.74 Å². The summed E-state index contributed by atoms with van der Waals surface area (Å²) < 4.78 is 5.16. The van der Waals surface area contributed by atoms with Crippen molar-refractivity contribution < 1.29 is 19.1 Å². The third-order valence-corrected chi connectivity index (χ3v) is 7.43. The number of ether oxygens (including phenoxy) is 1. The van der Waals surface area contributed by atoms with E-state index in [1.165, 1.54) is 43.7 Å². The van der Waals surface area contributed by atoms with Gasteiger partial charge in [0.25, 0.3) is 5.91 Å². The number of rotatable bonds is 8. The molecule has 0 aliphatic carbocycles. The van der Waals surface area contributed by atoms with Crippen LogP contribution in [0.3, 0.4) is 0 Å². The molecule has 0 unspecified atom stereocenters. The molecule has 3 saturated heterocycles. The van der Waals surface area contributed by atoms with Gasteiger partial charge in [-0.15, -0.1) is 0 Å². The summed E-state index contributed by atoms with van der Waals surface area (Å²) in [6, 6.07) is 6.94. The number of hydrogen-bond donors (Lipinski definition) is 1. The van der Waals surface area contributed by atoms with E-state index >= 15 is 0 Å². The standard InChI is InChI=1S/C25H36N4O4/c1-27(17-19-6-5-14-28-13-4-3-7-22(19)28)23(30)16-21-24(31)29(25(32)26-21)15-12-18-8-10-20(33-2)11-9-18/h8-11,19,21-22H,3-7,12-17H2,1-2H3,(H,26,32)/t19-,21+,22+/m0/s1. The summed E-state index contributed by atoms with van der Waals surface area (Å²) in [6.45, 7) is 3.36. The third-order valence-electron chi connectivity index (χ3n) is 7.43. The van der Waals surface area contributed by atoms with Crippen LogP contribution in [0.1, 0.15) is 44.1 Å². The van der Waals surface area contributed by atoms with Gasteiger partial charge in [-0.05, 0) is 68.8 Å². The molecular weight excluding hydrogens is 420 g/mol. The lowest BCUT2D eigenvalue weighted by Gasteiger charge is -2.45. The Labute approximate surface area is 196 Å². The van der Waals surface area contributed by atoms with Gasteiger partial charge in [-0.1, -0.05) is 18.6 Å². The van der Waals surface area contributed by atoms with Gasteiger partial charge >= 0.3 is 6.03 Å². The predicted molar refractivity (Wildman–Crippen MR) is 125 cm³/mol. The molecule has 1 N–H and O–H groups in total. The smallest absolute Gasteiger partial charge is 0.324 e. The normalized spacial score (nSPS) is 25.5. The Hall–Kier alpha value is -2.61. The van der Waals surface area contributed by atoms with E-state index in [0.29, 0.717) is 18.4 Å². The summed E-state index contributed by atoms with van der Waals surface area (Å²) in [6.07, 6.45) is 6.67. The van der Waals surface area contributed by atoms with Gasteiger partial charge < -0.3 is 19.9 Å². The quantitative estimate of drug-likeness (QED) is 0.607. The average molecular weight is 457 g/mol. The highest BCUT2D eigenvalue weighted by molar-refractivity contribution is 6.05. The van der Waals surface area contributed by atoms with Gasteiger partial charge in [0.1, 0.15) is 11.8 Å². The molecule has 180 valence electrons. The molecule has 3 fully saturated rings. The number of piperidine rings is 2. The Morgan fingerprint density at radius 1 is 1.12 bits per heavy atom. The highest BCUT2D eigenvalue weighted by atomic mass is 16.5. The Balaban J connectivity index is 1.27. The summed E-state index contributed by atoms with van der Waals surface area (Å²) >= 11 is 0. The van der Waals surface area contributed by atoms with Crippen LogP contribution in [0, 0.1) is 5.92 Å². The van der Waals surface area contributed by atoms with Crippen LogP contribution < -0.4 is 10.1 Å². The molecule has 3 atom stereocenters. The highest BCUT2D eigenvalue weighted by Crippen LogP contribution is 2.31. The molecule has 4 amide bonds. The van der Waals surface area contributed by atoms with Crippen LogP contribution in [0.5, 0.6) is 5.75 Å². The van der Waals surface area contributed by atoms with Crippen molar-refractivity contribution in [2.75, 3.05) is 40.3 Å². The largest absolute Gasteiger partial charge is 0.497 e. The zero-order valence-corrected chi connectivity index (χ0v) is 19.8. The molecule has 0 bridgehead atoms. The number of hydrogen-bond acceptors (Lipinski definition) is 5. The Morgan fingerprint density at radius 2 is 1.88 bits per heavy atom. The summed E-state index contributed by atoms with van der Waals surface area (Å²) in [5.74, 6) is 0.855. The van der Waals surface area contributed by atoms with Crippen molar-refractivity contribution in [1.29, 1.82) is 0 Å². The Bertz CT molecular complexity index is 856. The molecule has 1 aromatic carbocycles. The number of carbonyl (C=O) groups excluding carboxylic acids is 3.